The highest BCUT2D eigenvalue weighted by molar-refractivity contribution is 5.94. The third kappa shape index (κ3) is 4.38. The number of rotatable bonds is 5. The summed E-state index contributed by atoms with van der Waals surface area (Å²) in [6, 6.07) is 20.0. The quantitative estimate of drug-likeness (QED) is 0.511. The standard InChI is InChI=1S/C25H24N4O4/c30-23(19-8-10-21(11-9-19)33-20-5-2-1-3-6-20)27-15-12-25(32,13-16-27)17-28-18-26-29-14-4-7-22(29)24(28)31/h1-11,14,18,32H,12-13,15-17H2. The maximum absolute atomic E-state index is 12.9. The summed E-state index contributed by atoms with van der Waals surface area (Å²) >= 11 is 0. The van der Waals surface area contributed by atoms with E-state index < -0.39 is 5.60 Å². The largest absolute Gasteiger partial charge is 0.457 e. The Bertz CT molecular complexity index is 1320. The summed E-state index contributed by atoms with van der Waals surface area (Å²) in [5.74, 6) is 1.30. The van der Waals surface area contributed by atoms with Crippen molar-refractivity contribution in [3.8, 4) is 11.5 Å². The second-order valence-corrected chi connectivity index (χ2v) is 8.36. The average Bonchev–Trinajstić information content (AvgIpc) is 3.32. The minimum atomic E-state index is -1.07. The molecule has 1 N–H and O–H groups in total. The maximum atomic E-state index is 12.9. The van der Waals surface area contributed by atoms with Crippen molar-refractivity contribution in [1.29, 1.82) is 0 Å². The van der Waals surface area contributed by atoms with Crippen LogP contribution in [0.25, 0.3) is 5.52 Å². The van der Waals surface area contributed by atoms with Gasteiger partial charge in [0.2, 0.25) is 0 Å². The molecule has 0 aliphatic carbocycles. The molecule has 0 bridgehead atoms. The fourth-order valence-electron chi connectivity index (χ4n) is 4.15. The second-order valence-electron chi connectivity index (χ2n) is 8.36. The van der Waals surface area contributed by atoms with Crippen molar-refractivity contribution in [1.82, 2.24) is 19.1 Å². The van der Waals surface area contributed by atoms with E-state index in [2.05, 4.69) is 5.10 Å². The van der Waals surface area contributed by atoms with Gasteiger partial charge in [0.15, 0.2) is 0 Å². The van der Waals surface area contributed by atoms with Gasteiger partial charge in [-0.25, -0.2) is 4.52 Å². The number of carbonyl (C=O) groups is 1. The number of aliphatic hydroxyl groups is 1. The number of aromatic nitrogens is 3. The van der Waals surface area contributed by atoms with E-state index in [0.29, 0.717) is 42.8 Å². The smallest absolute Gasteiger partial charge is 0.277 e. The number of likely N-dealkylation sites (tertiary alicyclic amines) is 1. The Morgan fingerprint density at radius 1 is 0.970 bits per heavy atom. The molecule has 33 heavy (non-hydrogen) atoms. The predicted octanol–water partition coefficient (Wildman–Crippen LogP) is 2.96. The molecule has 4 aromatic rings. The van der Waals surface area contributed by atoms with Crippen LogP contribution in [0.2, 0.25) is 0 Å². The molecule has 1 aliphatic heterocycles. The molecule has 0 spiro atoms. The number of benzene rings is 2. The lowest BCUT2D eigenvalue weighted by molar-refractivity contribution is -0.0300. The molecule has 1 saturated heterocycles. The number of nitrogens with zero attached hydrogens (tertiary/aromatic N) is 4. The molecule has 1 fully saturated rings. The molecule has 2 aromatic heterocycles. The SMILES string of the molecule is O=C(c1ccc(Oc2ccccc2)cc1)N1CCC(O)(Cn2cnn3cccc3c2=O)CC1. The molecule has 0 radical (unpaired) electrons. The van der Waals surface area contributed by atoms with Crippen molar-refractivity contribution in [2.24, 2.45) is 0 Å². The topological polar surface area (TPSA) is 89.1 Å². The average molecular weight is 444 g/mol. The van der Waals surface area contributed by atoms with Crippen LogP contribution in [-0.2, 0) is 6.54 Å². The monoisotopic (exact) mass is 444 g/mol. The van der Waals surface area contributed by atoms with E-state index in [1.807, 2.05) is 30.3 Å². The lowest BCUT2D eigenvalue weighted by atomic mass is 9.91. The fraction of sp³-hybridized carbons (Fsp3) is 0.240. The summed E-state index contributed by atoms with van der Waals surface area (Å²) in [6.07, 6.45) is 3.92. The van der Waals surface area contributed by atoms with Crippen LogP contribution < -0.4 is 10.3 Å². The van der Waals surface area contributed by atoms with E-state index in [9.17, 15) is 14.7 Å². The molecule has 8 heteroatoms. The number of para-hydroxylation sites is 1. The first-order valence-corrected chi connectivity index (χ1v) is 10.9. The maximum Gasteiger partial charge on any atom is 0.277 e. The van der Waals surface area contributed by atoms with Crippen LogP contribution in [0.4, 0.5) is 0 Å². The summed E-state index contributed by atoms with van der Waals surface area (Å²) in [5, 5.41) is 15.3. The second kappa shape index (κ2) is 8.55. The number of amides is 1. The van der Waals surface area contributed by atoms with Crippen LogP contribution in [0.5, 0.6) is 11.5 Å². The molecule has 2 aromatic carbocycles. The Morgan fingerprint density at radius 2 is 1.67 bits per heavy atom. The molecular weight excluding hydrogens is 420 g/mol. The normalized spacial score (nSPS) is 15.5. The number of hydrogen-bond acceptors (Lipinski definition) is 5. The molecular formula is C25H24N4O4. The van der Waals surface area contributed by atoms with Gasteiger partial charge in [0, 0.05) is 24.8 Å². The van der Waals surface area contributed by atoms with Crippen LogP contribution in [0.3, 0.4) is 0 Å². The van der Waals surface area contributed by atoms with E-state index in [0.717, 1.165) is 5.75 Å². The predicted molar refractivity (Wildman–Crippen MR) is 122 cm³/mol. The van der Waals surface area contributed by atoms with Crippen molar-refractivity contribution < 1.29 is 14.6 Å². The number of piperidine rings is 1. The summed E-state index contributed by atoms with van der Waals surface area (Å²) < 4.78 is 8.74. The van der Waals surface area contributed by atoms with Crippen molar-refractivity contribution in [3.05, 3.63) is 95.2 Å². The number of ether oxygens (including phenoxy) is 1. The Morgan fingerprint density at radius 3 is 2.39 bits per heavy atom. The van der Waals surface area contributed by atoms with E-state index in [-0.39, 0.29) is 18.0 Å². The molecule has 3 heterocycles. The van der Waals surface area contributed by atoms with Crippen molar-refractivity contribution in [2.45, 2.75) is 25.0 Å². The highest BCUT2D eigenvalue weighted by Crippen LogP contribution is 2.26. The Kier molecular flexibility index (Phi) is 5.43. The molecule has 5 rings (SSSR count). The van der Waals surface area contributed by atoms with Gasteiger partial charge < -0.3 is 14.7 Å². The minimum absolute atomic E-state index is 0.0863. The van der Waals surface area contributed by atoms with Gasteiger partial charge in [0.25, 0.3) is 11.5 Å². The van der Waals surface area contributed by atoms with Crippen LogP contribution in [0, 0.1) is 0 Å². The molecule has 0 atom stereocenters. The lowest BCUT2D eigenvalue weighted by Crippen LogP contribution is -2.49. The first-order chi connectivity index (χ1) is 16.0. The van der Waals surface area contributed by atoms with Crippen molar-refractivity contribution in [2.75, 3.05) is 13.1 Å². The Labute approximate surface area is 190 Å². The molecule has 1 amide bonds. The van der Waals surface area contributed by atoms with Gasteiger partial charge in [0.05, 0.1) is 12.1 Å². The van der Waals surface area contributed by atoms with Gasteiger partial charge in [-0.05, 0) is 61.4 Å². The zero-order valence-corrected chi connectivity index (χ0v) is 18.0. The summed E-state index contributed by atoms with van der Waals surface area (Å²) in [5.41, 5.74) is -0.228. The summed E-state index contributed by atoms with van der Waals surface area (Å²) in [4.78, 5) is 27.3. The molecule has 0 saturated carbocycles. The van der Waals surface area contributed by atoms with Crippen molar-refractivity contribution >= 4 is 11.4 Å². The Hall–Kier alpha value is -3.91. The zero-order chi connectivity index (χ0) is 22.8. The third-order valence-electron chi connectivity index (χ3n) is 6.05. The van der Waals surface area contributed by atoms with Crippen LogP contribution in [0.1, 0.15) is 23.2 Å². The molecule has 168 valence electrons. The zero-order valence-electron chi connectivity index (χ0n) is 18.0. The third-order valence-corrected chi connectivity index (χ3v) is 6.05. The van der Waals surface area contributed by atoms with E-state index in [4.69, 9.17) is 4.74 Å². The Balaban J connectivity index is 1.21. The number of hydrogen-bond donors (Lipinski definition) is 1. The minimum Gasteiger partial charge on any atom is -0.457 e. The van der Waals surface area contributed by atoms with E-state index in [1.54, 1.807) is 47.5 Å². The van der Waals surface area contributed by atoms with E-state index >= 15 is 0 Å². The van der Waals surface area contributed by atoms with Gasteiger partial charge >= 0.3 is 0 Å². The van der Waals surface area contributed by atoms with Gasteiger partial charge in [-0.2, -0.15) is 5.10 Å². The van der Waals surface area contributed by atoms with Gasteiger partial charge in [0.1, 0.15) is 23.3 Å². The molecule has 1 aliphatic rings. The number of carbonyl (C=O) groups excluding carboxylic acids is 1. The molecule has 8 nitrogen and oxygen atoms in total. The van der Waals surface area contributed by atoms with Gasteiger partial charge in [-0.3, -0.25) is 14.2 Å². The summed E-state index contributed by atoms with van der Waals surface area (Å²) in [6.45, 7) is 0.967. The lowest BCUT2D eigenvalue weighted by Gasteiger charge is -2.38. The molecule has 0 unspecified atom stereocenters. The van der Waals surface area contributed by atoms with Gasteiger partial charge in [-0.15, -0.1) is 0 Å². The van der Waals surface area contributed by atoms with Crippen LogP contribution in [0.15, 0.2) is 84.0 Å². The fourth-order valence-corrected chi connectivity index (χ4v) is 4.15. The number of fused-ring (bicyclic) bond motifs is 1. The summed E-state index contributed by atoms with van der Waals surface area (Å²) in [7, 11) is 0. The van der Waals surface area contributed by atoms with Crippen LogP contribution in [-0.4, -0.2) is 48.8 Å². The first-order valence-electron chi connectivity index (χ1n) is 10.9. The highest BCUT2D eigenvalue weighted by Gasteiger charge is 2.35. The van der Waals surface area contributed by atoms with Crippen molar-refractivity contribution in [3.63, 3.8) is 0 Å². The van der Waals surface area contributed by atoms with E-state index in [1.165, 1.54) is 15.4 Å². The first kappa shape index (κ1) is 21.0. The highest BCUT2D eigenvalue weighted by atomic mass is 16.5. The van der Waals surface area contributed by atoms with Gasteiger partial charge in [-0.1, -0.05) is 18.2 Å². The van der Waals surface area contributed by atoms with Crippen LogP contribution >= 0.6 is 0 Å².